The second-order valence-corrected chi connectivity index (χ2v) is 3.98. The molecule has 80 valence electrons. The van der Waals surface area contributed by atoms with Gasteiger partial charge in [-0.3, -0.25) is 0 Å². The lowest BCUT2D eigenvalue weighted by molar-refractivity contribution is 0.253. The van der Waals surface area contributed by atoms with E-state index in [2.05, 4.69) is 26.1 Å². The van der Waals surface area contributed by atoms with Crippen molar-refractivity contribution < 1.29 is 5.11 Å². The minimum atomic E-state index is 0.296. The number of rotatable bonds is 3. The van der Waals surface area contributed by atoms with E-state index in [-0.39, 0.29) is 0 Å². The smallest absolute Gasteiger partial charge is 0.0584 e. The van der Waals surface area contributed by atoms with Gasteiger partial charge in [0.2, 0.25) is 0 Å². The van der Waals surface area contributed by atoms with Crippen molar-refractivity contribution in [2.45, 2.75) is 52.5 Å². The third kappa shape index (κ3) is 7.03. The third-order valence-electron chi connectivity index (χ3n) is 2.37. The van der Waals surface area contributed by atoms with Gasteiger partial charge >= 0.3 is 0 Å². The number of hydrogen-bond acceptors (Lipinski definition) is 2. The van der Waals surface area contributed by atoms with Crippen molar-refractivity contribution in [3.63, 3.8) is 0 Å². The summed E-state index contributed by atoms with van der Waals surface area (Å²) in [5.74, 6) is 0.757. The molecule has 1 heterocycles. The monoisotopic (exact) mass is 187 g/mol. The normalized spacial score (nSPS) is 26.8. The summed E-state index contributed by atoms with van der Waals surface area (Å²) in [7, 11) is 0. The Hall–Kier alpha value is -0.0800. The lowest BCUT2D eigenvalue weighted by Gasteiger charge is -2.02. The van der Waals surface area contributed by atoms with Crippen molar-refractivity contribution in [3.8, 4) is 0 Å². The standard InChI is InChI=1S/C6H13NO.C5H12/c1-5-2-6(4-8)7-3-5;1-3-5-4-2/h5-8H,2-4H2,1H3;3-5H2,1-2H3. The molecule has 13 heavy (non-hydrogen) atoms. The Bertz CT molecular complexity index is 104. The van der Waals surface area contributed by atoms with Crippen LogP contribution in [0.3, 0.4) is 0 Å². The summed E-state index contributed by atoms with van der Waals surface area (Å²) in [5.41, 5.74) is 0. The van der Waals surface area contributed by atoms with Gasteiger partial charge in [-0.05, 0) is 18.9 Å². The number of nitrogens with one attached hydrogen (secondary N) is 1. The van der Waals surface area contributed by atoms with E-state index in [0.29, 0.717) is 12.6 Å². The Kier molecular flexibility index (Phi) is 8.46. The largest absolute Gasteiger partial charge is 0.395 e. The molecule has 0 aromatic carbocycles. The van der Waals surface area contributed by atoms with E-state index in [1.807, 2.05) is 0 Å². The van der Waals surface area contributed by atoms with E-state index in [9.17, 15) is 0 Å². The molecule has 2 heteroatoms. The molecule has 0 saturated carbocycles. The van der Waals surface area contributed by atoms with Crippen LogP contribution in [0.1, 0.15) is 46.5 Å². The molecule has 0 bridgehead atoms. The van der Waals surface area contributed by atoms with Crippen molar-refractivity contribution in [3.05, 3.63) is 0 Å². The van der Waals surface area contributed by atoms with Gasteiger partial charge in [0, 0.05) is 6.04 Å². The second kappa shape index (κ2) is 8.52. The quantitative estimate of drug-likeness (QED) is 0.709. The lowest BCUT2D eigenvalue weighted by Crippen LogP contribution is -2.24. The molecule has 2 N–H and O–H groups in total. The van der Waals surface area contributed by atoms with Crippen molar-refractivity contribution in [1.29, 1.82) is 0 Å². The summed E-state index contributed by atoms with van der Waals surface area (Å²) in [6.45, 7) is 7.99. The van der Waals surface area contributed by atoms with Gasteiger partial charge in [0.05, 0.1) is 6.61 Å². The molecule has 0 aromatic rings. The van der Waals surface area contributed by atoms with E-state index in [4.69, 9.17) is 5.11 Å². The van der Waals surface area contributed by atoms with Crippen LogP contribution in [-0.4, -0.2) is 24.3 Å². The lowest BCUT2D eigenvalue weighted by atomic mass is 10.1. The van der Waals surface area contributed by atoms with Crippen LogP contribution in [-0.2, 0) is 0 Å². The van der Waals surface area contributed by atoms with Crippen molar-refractivity contribution in [1.82, 2.24) is 5.32 Å². The summed E-state index contributed by atoms with van der Waals surface area (Å²) in [6, 6.07) is 0.380. The number of hydrogen-bond donors (Lipinski definition) is 2. The molecular formula is C11H25NO. The Balaban J connectivity index is 0.000000252. The summed E-state index contributed by atoms with van der Waals surface area (Å²) in [5, 5.41) is 11.8. The molecule has 0 aromatic heterocycles. The molecule has 1 aliphatic rings. The number of aliphatic hydroxyl groups excluding tert-OH is 1. The predicted molar refractivity (Wildman–Crippen MR) is 57.9 cm³/mol. The minimum absolute atomic E-state index is 0.296. The molecule has 0 aliphatic carbocycles. The molecule has 2 unspecified atom stereocenters. The van der Waals surface area contributed by atoms with E-state index in [0.717, 1.165) is 18.9 Å². The van der Waals surface area contributed by atoms with E-state index in [1.54, 1.807) is 0 Å². The topological polar surface area (TPSA) is 32.3 Å². The first-order valence-electron chi connectivity index (χ1n) is 5.58. The predicted octanol–water partition coefficient (Wildman–Crippen LogP) is 2.17. The zero-order valence-corrected chi connectivity index (χ0v) is 9.34. The molecule has 2 atom stereocenters. The fourth-order valence-electron chi connectivity index (χ4n) is 1.51. The van der Waals surface area contributed by atoms with Crippen LogP contribution in [0.15, 0.2) is 0 Å². The van der Waals surface area contributed by atoms with Crippen LogP contribution in [0.25, 0.3) is 0 Å². The van der Waals surface area contributed by atoms with Gasteiger partial charge in [0.1, 0.15) is 0 Å². The maximum Gasteiger partial charge on any atom is 0.0584 e. The van der Waals surface area contributed by atoms with Gasteiger partial charge in [-0.1, -0.05) is 40.0 Å². The average molecular weight is 187 g/mol. The third-order valence-corrected chi connectivity index (χ3v) is 2.37. The zero-order valence-electron chi connectivity index (χ0n) is 9.34. The van der Waals surface area contributed by atoms with Crippen LogP contribution >= 0.6 is 0 Å². The highest BCUT2D eigenvalue weighted by Gasteiger charge is 2.18. The van der Waals surface area contributed by atoms with Crippen LogP contribution in [0.4, 0.5) is 0 Å². The van der Waals surface area contributed by atoms with Crippen molar-refractivity contribution >= 4 is 0 Å². The van der Waals surface area contributed by atoms with E-state index in [1.165, 1.54) is 19.3 Å². The summed E-state index contributed by atoms with van der Waals surface area (Å²) in [6.07, 6.45) is 5.21. The number of aliphatic hydroxyl groups is 1. The average Bonchev–Trinajstić information content (AvgIpc) is 2.54. The Labute approximate surface area is 82.7 Å². The first-order chi connectivity index (χ1) is 6.24. The SMILES string of the molecule is CC1CNC(CO)C1.CCCCC. The summed E-state index contributed by atoms with van der Waals surface area (Å²) in [4.78, 5) is 0. The fraction of sp³-hybridized carbons (Fsp3) is 1.00. The van der Waals surface area contributed by atoms with Crippen molar-refractivity contribution in [2.75, 3.05) is 13.2 Å². The van der Waals surface area contributed by atoms with Crippen molar-refractivity contribution in [2.24, 2.45) is 5.92 Å². The van der Waals surface area contributed by atoms with Gasteiger partial charge in [-0.2, -0.15) is 0 Å². The first-order valence-corrected chi connectivity index (χ1v) is 5.58. The maximum atomic E-state index is 8.62. The highest BCUT2D eigenvalue weighted by atomic mass is 16.3. The Morgan fingerprint density at radius 1 is 1.31 bits per heavy atom. The fourth-order valence-corrected chi connectivity index (χ4v) is 1.51. The Morgan fingerprint density at radius 3 is 2.08 bits per heavy atom. The van der Waals surface area contributed by atoms with Crippen LogP contribution < -0.4 is 5.32 Å². The molecule has 1 fully saturated rings. The minimum Gasteiger partial charge on any atom is -0.395 e. The van der Waals surface area contributed by atoms with Gasteiger partial charge in [0.25, 0.3) is 0 Å². The first kappa shape index (κ1) is 12.9. The highest BCUT2D eigenvalue weighted by molar-refractivity contribution is 4.77. The van der Waals surface area contributed by atoms with Crippen LogP contribution in [0, 0.1) is 5.92 Å². The second-order valence-electron chi connectivity index (χ2n) is 3.98. The highest BCUT2D eigenvalue weighted by Crippen LogP contribution is 2.11. The Morgan fingerprint density at radius 2 is 1.92 bits per heavy atom. The molecule has 0 radical (unpaired) electrons. The molecule has 1 rings (SSSR count). The van der Waals surface area contributed by atoms with Gasteiger partial charge in [-0.25, -0.2) is 0 Å². The molecular weight excluding hydrogens is 162 g/mol. The maximum absolute atomic E-state index is 8.62. The molecule has 0 spiro atoms. The zero-order chi connectivity index (χ0) is 10.1. The van der Waals surface area contributed by atoms with E-state index >= 15 is 0 Å². The molecule has 2 nitrogen and oxygen atoms in total. The van der Waals surface area contributed by atoms with E-state index < -0.39 is 0 Å². The molecule has 1 saturated heterocycles. The van der Waals surface area contributed by atoms with Crippen LogP contribution in [0.5, 0.6) is 0 Å². The van der Waals surface area contributed by atoms with Gasteiger partial charge in [0.15, 0.2) is 0 Å². The van der Waals surface area contributed by atoms with Gasteiger partial charge in [-0.15, -0.1) is 0 Å². The summed E-state index contributed by atoms with van der Waals surface area (Å²) < 4.78 is 0. The number of unbranched alkanes of at least 4 members (excludes halogenated alkanes) is 2. The summed E-state index contributed by atoms with van der Waals surface area (Å²) >= 11 is 0. The molecule has 1 aliphatic heterocycles. The van der Waals surface area contributed by atoms with Gasteiger partial charge < -0.3 is 10.4 Å². The molecule has 0 amide bonds. The van der Waals surface area contributed by atoms with Crippen LogP contribution in [0.2, 0.25) is 0 Å².